The molecule has 2 unspecified atom stereocenters. The minimum absolute atomic E-state index is 0.0296. The van der Waals surface area contributed by atoms with Crippen molar-refractivity contribution in [3.63, 3.8) is 0 Å². The van der Waals surface area contributed by atoms with Crippen LogP contribution in [0.1, 0.15) is 58.3 Å². The molecule has 0 spiro atoms. The average molecular weight is 342 g/mol. The minimum atomic E-state index is -0.149. The van der Waals surface area contributed by atoms with Crippen LogP contribution in [0.2, 0.25) is 0 Å². The molecule has 1 aliphatic rings. The van der Waals surface area contributed by atoms with E-state index in [4.69, 9.17) is 0 Å². The predicted molar refractivity (Wildman–Crippen MR) is 94.9 cm³/mol. The van der Waals surface area contributed by atoms with Crippen LogP contribution in [-0.4, -0.2) is 48.5 Å². The van der Waals surface area contributed by atoms with Gasteiger partial charge in [0.25, 0.3) is 0 Å². The first kappa shape index (κ1) is 20.1. The molecule has 1 fully saturated rings. The van der Waals surface area contributed by atoms with Gasteiger partial charge in [0.1, 0.15) is 0 Å². The van der Waals surface area contributed by atoms with Gasteiger partial charge in [0.05, 0.1) is 0 Å². The van der Waals surface area contributed by atoms with Crippen LogP contribution >= 0.6 is 8.58 Å². The van der Waals surface area contributed by atoms with Crippen LogP contribution < -0.4 is 5.32 Å². The first-order valence-electron chi connectivity index (χ1n) is 8.81. The van der Waals surface area contributed by atoms with Crippen LogP contribution in [0.25, 0.3) is 0 Å². The van der Waals surface area contributed by atoms with Crippen LogP contribution in [0.3, 0.4) is 0 Å². The summed E-state index contributed by atoms with van der Waals surface area (Å²) in [6.45, 7) is 5.34. The second-order valence-electron chi connectivity index (χ2n) is 6.31. The summed E-state index contributed by atoms with van der Waals surface area (Å²) < 4.78 is 0. The maximum atomic E-state index is 11.7. The van der Waals surface area contributed by atoms with E-state index in [0.29, 0.717) is 19.4 Å². The highest BCUT2D eigenvalue weighted by molar-refractivity contribution is 7.36. The summed E-state index contributed by atoms with van der Waals surface area (Å²) in [5.41, 5.74) is 0. The highest BCUT2D eigenvalue weighted by Gasteiger charge is 2.34. The van der Waals surface area contributed by atoms with Gasteiger partial charge in [0.15, 0.2) is 0 Å². The van der Waals surface area contributed by atoms with Crippen molar-refractivity contribution >= 4 is 26.3 Å². The van der Waals surface area contributed by atoms with Crippen molar-refractivity contribution in [3.05, 3.63) is 0 Å². The fourth-order valence-electron chi connectivity index (χ4n) is 2.74. The number of amides is 3. The van der Waals surface area contributed by atoms with Crippen LogP contribution in [0, 0.1) is 5.92 Å². The third-order valence-electron chi connectivity index (χ3n) is 4.18. The molecule has 5 nitrogen and oxygen atoms in total. The third kappa shape index (κ3) is 7.92. The Bertz CT molecular complexity index is 401. The summed E-state index contributed by atoms with van der Waals surface area (Å²) >= 11 is 0. The van der Waals surface area contributed by atoms with Crippen molar-refractivity contribution in [2.24, 2.45) is 5.92 Å². The number of rotatable bonds is 12. The molecule has 0 radical (unpaired) electrons. The second-order valence-corrected chi connectivity index (χ2v) is 7.52. The highest BCUT2D eigenvalue weighted by Crippen LogP contribution is 2.19. The summed E-state index contributed by atoms with van der Waals surface area (Å²) in [7, 11) is 1.00. The predicted octanol–water partition coefficient (Wildman–Crippen LogP) is 2.54. The van der Waals surface area contributed by atoms with Crippen LogP contribution in [-0.2, 0) is 14.4 Å². The molecule has 1 heterocycles. The maximum absolute atomic E-state index is 11.7. The molecule has 0 aromatic carbocycles. The molecule has 0 bridgehead atoms. The van der Waals surface area contributed by atoms with Gasteiger partial charge < -0.3 is 5.32 Å². The van der Waals surface area contributed by atoms with Gasteiger partial charge in [-0.15, -0.1) is 8.58 Å². The summed E-state index contributed by atoms with van der Waals surface area (Å²) in [5.74, 6) is -0.0740. The molecule has 1 saturated heterocycles. The Hall–Kier alpha value is -0.960. The molecular weight excluding hydrogens is 311 g/mol. The fourth-order valence-corrected chi connectivity index (χ4v) is 3.34. The Morgan fingerprint density at radius 1 is 1.17 bits per heavy atom. The molecule has 1 rings (SSSR count). The van der Waals surface area contributed by atoms with Crippen molar-refractivity contribution in [2.45, 2.75) is 58.3 Å². The Kier molecular flexibility index (Phi) is 10.1. The summed E-state index contributed by atoms with van der Waals surface area (Å²) in [5, 5.41) is 2.96. The van der Waals surface area contributed by atoms with E-state index in [0.717, 1.165) is 47.2 Å². The largest absolute Gasteiger partial charge is 0.356 e. The molecule has 6 heteroatoms. The van der Waals surface area contributed by atoms with Gasteiger partial charge in [-0.2, -0.15) is 0 Å². The lowest BCUT2D eigenvalue weighted by Crippen LogP contribution is -2.31. The smallest absolute Gasteiger partial charge is 0.232 e. The third-order valence-corrected chi connectivity index (χ3v) is 5.03. The van der Waals surface area contributed by atoms with E-state index in [2.05, 4.69) is 12.0 Å². The highest BCUT2D eigenvalue weighted by atomic mass is 31.1. The quantitative estimate of drug-likeness (QED) is 0.337. The van der Waals surface area contributed by atoms with Crippen LogP contribution in [0.4, 0.5) is 0 Å². The second kappa shape index (κ2) is 11.6. The van der Waals surface area contributed by atoms with Gasteiger partial charge in [0, 0.05) is 31.8 Å². The van der Waals surface area contributed by atoms with E-state index >= 15 is 0 Å². The van der Waals surface area contributed by atoms with Gasteiger partial charge in [-0.25, -0.2) is 0 Å². The lowest BCUT2D eigenvalue weighted by atomic mass is 10.1. The van der Waals surface area contributed by atoms with Gasteiger partial charge >= 0.3 is 0 Å². The van der Waals surface area contributed by atoms with E-state index < -0.39 is 0 Å². The van der Waals surface area contributed by atoms with E-state index in [1.54, 1.807) is 0 Å². The van der Waals surface area contributed by atoms with Gasteiger partial charge in [-0.1, -0.05) is 19.8 Å². The summed E-state index contributed by atoms with van der Waals surface area (Å²) in [6.07, 6.45) is 8.10. The molecule has 132 valence electrons. The molecule has 2 atom stereocenters. The lowest BCUT2D eigenvalue weighted by molar-refractivity contribution is -0.139. The number of carbonyl (C=O) groups is 3. The van der Waals surface area contributed by atoms with E-state index in [-0.39, 0.29) is 23.6 Å². The summed E-state index contributed by atoms with van der Waals surface area (Å²) in [4.78, 5) is 36.4. The first-order valence-corrected chi connectivity index (χ1v) is 10.5. The Labute approximate surface area is 141 Å². The molecule has 0 aliphatic carbocycles. The molecule has 23 heavy (non-hydrogen) atoms. The zero-order valence-electron chi connectivity index (χ0n) is 14.5. The van der Waals surface area contributed by atoms with Crippen molar-refractivity contribution < 1.29 is 14.4 Å². The normalized spacial score (nSPS) is 18.3. The van der Waals surface area contributed by atoms with Gasteiger partial charge in [0.2, 0.25) is 17.7 Å². The minimum Gasteiger partial charge on any atom is -0.356 e. The monoisotopic (exact) mass is 342 g/mol. The molecule has 0 aromatic rings. The maximum Gasteiger partial charge on any atom is 0.232 e. The molecule has 0 aromatic heterocycles. The standard InChI is InChI=1S/C17H31N2O3P/c1-14-13-16(21)19(17(14)22)11-7-4-3-5-9-15(20)18-10-6-8-12-23-2/h14,23H,3-13H2,1-2H3,(H,18,20). The number of hydrogen-bond acceptors (Lipinski definition) is 3. The average Bonchev–Trinajstić information content (AvgIpc) is 2.76. The van der Waals surface area contributed by atoms with Crippen LogP contribution in [0.5, 0.6) is 0 Å². The van der Waals surface area contributed by atoms with Gasteiger partial charge in [-0.05, 0) is 38.5 Å². The molecule has 1 aliphatic heterocycles. The number of likely N-dealkylation sites (tertiary alicyclic amines) is 1. The first-order chi connectivity index (χ1) is 11.1. The molecule has 0 saturated carbocycles. The molecular formula is C17H31N2O3P. The fraction of sp³-hybridized carbons (Fsp3) is 0.824. The summed E-state index contributed by atoms with van der Waals surface area (Å²) in [6, 6.07) is 0. The van der Waals surface area contributed by atoms with Crippen molar-refractivity contribution in [3.8, 4) is 0 Å². The topological polar surface area (TPSA) is 66.5 Å². The van der Waals surface area contributed by atoms with E-state index in [9.17, 15) is 14.4 Å². The van der Waals surface area contributed by atoms with Crippen molar-refractivity contribution in [1.82, 2.24) is 10.2 Å². The Morgan fingerprint density at radius 2 is 1.91 bits per heavy atom. The molecule has 1 N–H and O–H groups in total. The Morgan fingerprint density at radius 3 is 2.57 bits per heavy atom. The number of carbonyl (C=O) groups excluding carboxylic acids is 3. The van der Waals surface area contributed by atoms with E-state index in [1.807, 2.05) is 6.92 Å². The number of hydrogen-bond donors (Lipinski definition) is 1. The van der Waals surface area contributed by atoms with Crippen molar-refractivity contribution in [2.75, 3.05) is 25.9 Å². The van der Waals surface area contributed by atoms with Crippen molar-refractivity contribution in [1.29, 1.82) is 0 Å². The number of nitrogens with one attached hydrogen (secondary N) is 1. The zero-order chi connectivity index (χ0) is 17.1. The zero-order valence-corrected chi connectivity index (χ0v) is 15.5. The number of nitrogens with zero attached hydrogens (tertiary/aromatic N) is 1. The number of unbranched alkanes of at least 4 members (excludes halogenated alkanes) is 4. The number of imide groups is 1. The van der Waals surface area contributed by atoms with Crippen LogP contribution in [0.15, 0.2) is 0 Å². The van der Waals surface area contributed by atoms with E-state index in [1.165, 1.54) is 17.5 Å². The SMILES string of the molecule is CPCCCCNC(=O)CCCCCCN1C(=O)CC(C)C1=O. The molecule has 3 amide bonds. The lowest BCUT2D eigenvalue weighted by Gasteiger charge is -2.13. The Balaban J connectivity index is 1.96. The van der Waals surface area contributed by atoms with Gasteiger partial charge in [-0.3, -0.25) is 19.3 Å².